The normalized spacial score (nSPS) is 27.6. The molecule has 3 saturated heterocycles. The Morgan fingerprint density at radius 1 is 1.28 bits per heavy atom. The van der Waals surface area contributed by atoms with Gasteiger partial charge >= 0.3 is 0 Å². The molecule has 0 spiro atoms. The third-order valence-electron chi connectivity index (χ3n) is 6.26. The molecule has 0 saturated carbocycles. The first-order valence-corrected chi connectivity index (χ1v) is 10.9. The molecule has 1 aromatic heterocycles. The van der Waals surface area contributed by atoms with E-state index in [0.717, 1.165) is 37.0 Å². The molecule has 1 amide bonds. The number of piperidine rings is 3. The predicted molar refractivity (Wildman–Crippen MR) is 119 cm³/mol. The maximum Gasteiger partial charge on any atom is 0.287 e. The molecule has 6 rings (SSSR count). The number of nitrogens with one attached hydrogen (secondary N) is 2. The standard InChI is InChI=1S/C22H25N3O2.C2H6.H2/c26-22(20-13-17-5-1-2-6-19(17)27-20)24-21-16-7-10-25(11-8-16)18(21)12-15-4-3-9-23-14-15;1-2;/h1-6,9,13,16,18,21,23H,7-8,10-12,14H2,(H,24,26);1-2H3;1H/t18-,21+;;/m0../s1. The van der Waals surface area contributed by atoms with Gasteiger partial charge in [-0.1, -0.05) is 38.1 Å². The van der Waals surface area contributed by atoms with Gasteiger partial charge in [0.15, 0.2) is 5.76 Å². The highest BCUT2D eigenvalue weighted by Crippen LogP contribution is 2.35. The number of rotatable bonds is 4. The van der Waals surface area contributed by atoms with Gasteiger partial charge in [-0.15, -0.1) is 0 Å². The van der Waals surface area contributed by atoms with Gasteiger partial charge in [-0.25, -0.2) is 0 Å². The molecule has 4 aliphatic heterocycles. The average molecular weight is 396 g/mol. The van der Waals surface area contributed by atoms with E-state index in [4.69, 9.17) is 4.42 Å². The molecule has 3 fully saturated rings. The Balaban J connectivity index is 0.000000830. The van der Waals surface area contributed by atoms with Crippen molar-refractivity contribution in [2.45, 2.75) is 45.2 Å². The van der Waals surface area contributed by atoms with Crippen molar-refractivity contribution < 1.29 is 10.6 Å². The lowest BCUT2D eigenvalue weighted by Gasteiger charge is -2.51. The highest BCUT2D eigenvalue weighted by atomic mass is 16.3. The highest BCUT2D eigenvalue weighted by Gasteiger charge is 2.43. The third-order valence-corrected chi connectivity index (χ3v) is 6.26. The first-order valence-electron chi connectivity index (χ1n) is 10.9. The van der Waals surface area contributed by atoms with E-state index in [2.05, 4.69) is 27.7 Å². The third kappa shape index (κ3) is 4.10. The fraction of sp³-hybridized carbons (Fsp3) is 0.458. The Morgan fingerprint density at radius 2 is 2.07 bits per heavy atom. The summed E-state index contributed by atoms with van der Waals surface area (Å²) in [6.07, 6.45) is 9.59. The van der Waals surface area contributed by atoms with Gasteiger partial charge in [0.25, 0.3) is 5.91 Å². The van der Waals surface area contributed by atoms with Crippen LogP contribution in [0.25, 0.3) is 11.0 Å². The smallest absolute Gasteiger partial charge is 0.287 e. The molecule has 2 bridgehead atoms. The number of carbonyl (C=O) groups is 1. The van der Waals surface area contributed by atoms with E-state index in [1.54, 1.807) is 0 Å². The van der Waals surface area contributed by atoms with E-state index in [9.17, 15) is 4.79 Å². The molecule has 2 atom stereocenters. The first-order chi connectivity index (χ1) is 14.3. The van der Waals surface area contributed by atoms with Crippen LogP contribution in [0.2, 0.25) is 0 Å². The van der Waals surface area contributed by atoms with Gasteiger partial charge in [0.2, 0.25) is 0 Å². The number of dihydropyridines is 1. The maximum absolute atomic E-state index is 12.9. The van der Waals surface area contributed by atoms with Crippen LogP contribution >= 0.6 is 0 Å². The van der Waals surface area contributed by atoms with E-state index in [1.165, 1.54) is 18.4 Å². The van der Waals surface area contributed by atoms with Crippen LogP contribution in [0.4, 0.5) is 0 Å². The van der Waals surface area contributed by atoms with Crippen molar-refractivity contribution in [2.75, 3.05) is 19.6 Å². The monoisotopic (exact) mass is 395 g/mol. The Labute approximate surface area is 174 Å². The van der Waals surface area contributed by atoms with Crippen molar-refractivity contribution in [3.8, 4) is 0 Å². The van der Waals surface area contributed by atoms with Crippen molar-refractivity contribution in [1.29, 1.82) is 0 Å². The van der Waals surface area contributed by atoms with Gasteiger partial charge in [-0.05, 0) is 68.3 Å². The number of hydrogen-bond acceptors (Lipinski definition) is 4. The summed E-state index contributed by atoms with van der Waals surface area (Å²) >= 11 is 0. The number of nitrogens with zero attached hydrogens (tertiary/aromatic N) is 1. The van der Waals surface area contributed by atoms with E-state index >= 15 is 0 Å². The summed E-state index contributed by atoms with van der Waals surface area (Å²) < 4.78 is 5.78. The minimum Gasteiger partial charge on any atom is -0.451 e. The van der Waals surface area contributed by atoms with Crippen LogP contribution in [0.3, 0.4) is 0 Å². The Hall–Kier alpha value is -2.53. The van der Waals surface area contributed by atoms with Gasteiger partial charge in [-0.2, -0.15) is 0 Å². The van der Waals surface area contributed by atoms with Crippen LogP contribution in [0, 0.1) is 5.92 Å². The van der Waals surface area contributed by atoms with Gasteiger partial charge in [0, 0.05) is 25.4 Å². The zero-order chi connectivity index (χ0) is 20.2. The summed E-state index contributed by atoms with van der Waals surface area (Å²) in [6.45, 7) is 7.18. The van der Waals surface area contributed by atoms with Crippen LogP contribution in [-0.4, -0.2) is 42.5 Å². The van der Waals surface area contributed by atoms with Crippen LogP contribution in [-0.2, 0) is 0 Å². The number of amides is 1. The molecular formula is C24H33N3O2. The minimum absolute atomic E-state index is 0. The molecule has 0 aliphatic carbocycles. The van der Waals surface area contributed by atoms with Crippen molar-refractivity contribution in [3.05, 3.63) is 60.0 Å². The fourth-order valence-corrected chi connectivity index (χ4v) is 4.85. The largest absolute Gasteiger partial charge is 0.451 e. The predicted octanol–water partition coefficient (Wildman–Crippen LogP) is 4.33. The number of fused-ring (bicyclic) bond motifs is 4. The molecule has 1 aromatic carbocycles. The molecule has 0 unspecified atom stereocenters. The summed E-state index contributed by atoms with van der Waals surface area (Å²) in [5.74, 6) is 0.875. The quantitative estimate of drug-likeness (QED) is 0.809. The zero-order valence-electron chi connectivity index (χ0n) is 17.4. The molecule has 5 heterocycles. The van der Waals surface area contributed by atoms with Crippen molar-refractivity contribution >= 4 is 16.9 Å². The van der Waals surface area contributed by atoms with Gasteiger partial charge in [0.1, 0.15) is 5.58 Å². The van der Waals surface area contributed by atoms with E-state index in [0.29, 0.717) is 17.7 Å². The van der Waals surface area contributed by atoms with Crippen molar-refractivity contribution in [1.82, 2.24) is 15.5 Å². The number of allylic oxidation sites excluding steroid dienone is 2. The Bertz CT molecular complexity index is 879. The van der Waals surface area contributed by atoms with E-state index in [-0.39, 0.29) is 13.4 Å². The van der Waals surface area contributed by atoms with Gasteiger partial charge in [-0.3, -0.25) is 9.69 Å². The van der Waals surface area contributed by atoms with Gasteiger partial charge in [0.05, 0.1) is 0 Å². The van der Waals surface area contributed by atoms with E-state index < -0.39 is 0 Å². The molecular weight excluding hydrogens is 362 g/mol. The van der Waals surface area contributed by atoms with Crippen molar-refractivity contribution in [2.24, 2.45) is 5.92 Å². The molecule has 4 aliphatic rings. The van der Waals surface area contributed by atoms with Crippen LogP contribution in [0.15, 0.2) is 58.7 Å². The summed E-state index contributed by atoms with van der Waals surface area (Å²) in [5.41, 5.74) is 2.16. The summed E-state index contributed by atoms with van der Waals surface area (Å²) in [5, 5.41) is 7.59. The lowest BCUT2D eigenvalue weighted by Crippen LogP contribution is -2.63. The molecule has 29 heavy (non-hydrogen) atoms. The summed E-state index contributed by atoms with van der Waals surface area (Å²) in [7, 11) is 0. The second-order valence-corrected chi connectivity index (χ2v) is 7.86. The molecule has 5 nitrogen and oxygen atoms in total. The zero-order valence-corrected chi connectivity index (χ0v) is 17.4. The molecule has 0 radical (unpaired) electrons. The topological polar surface area (TPSA) is 57.5 Å². The number of hydrogen-bond donors (Lipinski definition) is 2. The van der Waals surface area contributed by atoms with Crippen LogP contribution < -0.4 is 10.6 Å². The molecule has 2 N–H and O–H groups in total. The Kier molecular flexibility index (Phi) is 6.05. The van der Waals surface area contributed by atoms with Crippen molar-refractivity contribution in [3.63, 3.8) is 0 Å². The average Bonchev–Trinajstić information content (AvgIpc) is 3.23. The lowest BCUT2D eigenvalue weighted by atomic mass is 9.76. The number of benzene rings is 1. The molecule has 156 valence electrons. The van der Waals surface area contributed by atoms with Crippen LogP contribution in [0.5, 0.6) is 0 Å². The van der Waals surface area contributed by atoms with Gasteiger partial charge < -0.3 is 15.1 Å². The minimum atomic E-state index is -0.0920. The second kappa shape index (κ2) is 8.87. The van der Waals surface area contributed by atoms with E-state index in [1.807, 2.05) is 50.4 Å². The summed E-state index contributed by atoms with van der Waals surface area (Å²) in [6, 6.07) is 10.2. The molecule has 5 heteroatoms. The first kappa shape index (κ1) is 19.8. The highest BCUT2D eigenvalue weighted by molar-refractivity contribution is 5.96. The number of carbonyl (C=O) groups excluding carboxylic acids is 1. The maximum atomic E-state index is 12.9. The number of furan rings is 1. The lowest BCUT2D eigenvalue weighted by molar-refractivity contribution is 0.0130. The van der Waals surface area contributed by atoms with Crippen LogP contribution in [0.1, 0.15) is 45.1 Å². The number of para-hydroxylation sites is 1. The second-order valence-electron chi connectivity index (χ2n) is 7.86. The summed E-state index contributed by atoms with van der Waals surface area (Å²) in [4.78, 5) is 15.5. The Morgan fingerprint density at radius 3 is 2.79 bits per heavy atom. The molecule has 2 aromatic rings. The fourth-order valence-electron chi connectivity index (χ4n) is 4.85. The SMILES string of the molecule is CC.O=C(N[C@@H]1C2CCN(CC2)[C@H]1CC1=CC=CNC1)c1cc2ccccc2o1.[HH].